The zero-order chi connectivity index (χ0) is 24.2. The van der Waals surface area contributed by atoms with E-state index in [9.17, 15) is 9.59 Å². The first-order chi connectivity index (χ1) is 16.4. The molecule has 0 spiro atoms. The zero-order valence-electron chi connectivity index (χ0n) is 20.0. The molecule has 1 saturated carbocycles. The number of benzene rings is 2. The van der Waals surface area contributed by atoms with Gasteiger partial charge in [0.2, 0.25) is 0 Å². The first-order valence-corrected chi connectivity index (χ1v) is 11.9. The van der Waals surface area contributed by atoms with Crippen LogP contribution in [0.25, 0.3) is 22.0 Å². The van der Waals surface area contributed by atoms with Gasteiger partial charge in [0.25, 0.3) is 0 Å². The van der Waals surface area contributed by atoms with Gasteiger partial charge in [0.05, 0.1) is 16.8 Å². The number of hydrogen-bond donors (Lipinski definition) is 4. The first kappa shape index (κ1) is 23.7. The van der Waals surface area contributed by atoms with Crippen LogP contribution in [0.1, 0.15) is 49.9 Å². The van der Waals surface area contributed by atoms with E-state index in [1.54, 1.807) is 13.2 Å². The number of nitrogens with zero attached hydrogens (tertiary/aromatic N) is 1. The fourth-order valence-electron chi connectivity index (χ4n) is 4.43. The maximum absolute atomic E-state index is 13.1. The minimum atomic E-state index is -0.258. The fraction of sp³-hybridized carbons (Fsp3) is 0.370. The summed E-state index contributed by atoms with van der Waals surface area (Å²) in [5.41, 5.74) is 11.2. The van der Waals surface area contributed by atoms with Crippen LogP contribution in [-0.2, 0) is 0 Å². The standard InChI is InChI=1S/C27H33N5O2/c1-16(2)26(33)23-15-30-24-13-6-18(17-4-9-21(10-5-17)32-27(34)29-3)14-22(24)25(23)31-20-11-7-19(28)8-12-20/h4-6,9-10,13-16,19-20H,7-8,11-12,28H2,1-3H3,(H,30,31)(H2,29,32,34). The molecule has 0 aliphatic heterocycles. The van der Waals surface area contributed by atoms with Crippen molar-refractivity contribution in [1.82, 2.24) is 10.3 Å². The smallest absolute Gasteiger partial charge is 0.318 e. The number of fused-ring (bicyclic) bond motifs is 1. The lowest BCUT2D eigenvalue weighted by Gasteiger charge is -2.29. The van der Waals surface area contributed by atoms with Crippen LogP contribution < -0.4 is 21.7 Å². The summed E-state index contributed by atoms with van der Waals surface area (Å²) in [5, 5.41) is 9.95. The van der Waals surface area contributed by atoms with Gasteiger partial charge in [0.15, 0.2) is 5.78 Å². The van der Waals surface area contributed by atoms with Crippen LogP contribution in [0.3, 0.4) is 0 Å². The van der Waals surface area contributed by atoms with Crippen LogP contribution in [0, 0.1) is 5.92 Å². The van der Waals surface area contributed by atoms with Gasteiger partial charge in [0.1, 0.15) is 0 Å². The number of nitrogens with two attached hydrogens (primary N) is 1. The Morgan fingerprint density at radius 1 is 1.00 bits per heavy atom. The first-order valence-electron chi connectivity index (χ1n) is 11.9. The third kappa shape index (κ3) is 5.20. The third-order valence-electron chi connectivity index (χ3n) is 6.48. The van der Waals surface area contributed by atoms with Crippen molar-refractivity contribution in [2.75, 3.05) is 17.7 Å². The molecule has 178 valence electrons. The normalized spacial score (nSPS) is 18.0. The molecule has 2 amide bonds. The summed E-state index contributed by atoms with van der Waals surface area (Å²) in [4.78, 5) is 29.2. The Balaban J connectivity index is 1.73. The number of Topliss-reactive ketones (excluding diaryl/α,β-unsaturated/α-hetero) is 1. The second-order valence-corrected chi connectivity index (χ2v) is 9.34. The highest BCUT2D eigenvalue weighted by Crippen LogP contribution is 2.34. The molecule has 0 unspecified atom stereocenters. The topological polar surface area (TPSA) is 109 Å². The Kier molecular flexibility index (Phi) is 7.12. The van der Waals surface area contributed by atoms with Gasteiger partial charge < -0.3 is 21.7 Å². The number of carbonyl (C=O) groups excluding carboxylic acids is 2. The average Bonchev–Trinajstić information content (AvgIpc) is 2.85. The van der Waals surface area contributed by atoms with E-state index in [4.69, 9.17) is 5.73 Å². The van der Waals surface area contributed by atoms with Crippen LogP contribution >= 0.6 is 0 Å². The summed E-state index contributed by atoms with van der Waals surface area (Å²) in [6.45, 7) is 3.83. The summed E-state index contributed by atoms with van der Waals surface area (Å²) in [6, 6.07) is 14.1. The molecule has 0 saturated heterocycles. The number of aromatic nitrogens is 1. The maximum Gasteiger partial charge on any atom is 0.318 e. The van der Waals surface area contributed by atoms with E-state index in [1.807, 2.05) is 50.2 Å². The molecule has 3 aromatic rings. The molecular weight excluding hydrogens is 426 g/mol. The average molecular weight is 460 g/mol. The van der Waals surface area contributed by atoms with Crippen LogP contribution in [0.2, 0.25) is 0 Å². The lowest BCUT2D eigenvalue weighted by molar-refractivity contribution is 0.0940. The molecule has 1 aromatic heterocycles. The highest BCUT2D eigenvalue weighted by molar-refractivity contribution is 6.09. The van der Waals surface area contributed by atoms with E-state index < -0.39 is 0 Å². The largest absolute Gasteiger partial charge is 0.381 e. The molecule has 2 aromatic carbocycles. The van der Waals surface area contributed by atoms with Gasteiger partial charge in [-0.05, 0) is 61.1 Å². The van der Waals surface area contributed by atoms with Gasteiger partial charge in [-0.25, -0.2) is 4.79 Å². The van der Waals surface area contributed by atoms with Crippen molar-refractivity contribution in [2.45, 2.75) is 51.6 Å². The molecule has 1 aliphatic carbocycles. The van der Waals surface area contributed by atoms with E-state index in [1.165, 1.54) is 0 Å². The second-order valence-electron chi connectivity index (χ2n) is 9.34. The Morgan fingerprint density at radius 3 is 2.32 bits per heavy atom. The summed E-state index contributed by atoms with van der Waals surface area (Å²) in [7, 11) is 1.58. The highest BCUT2D eigenvalue weighted by Gasteiger charge is 2.23. The van der Waals surface area contributed by atoms with Crippen molar-refractivity contribution in [3.8, 4) is 11.1 Å². The SMILES string of the molecule is CNC(=O)Nc1ccc(-c2ccc3ncc(C(=O)C(C)C)c(NC4CCC(N)CC4)c3c2)cc1. The Hall–Kier alpha value is -3.45. The molecule has 0 atom stereocenters. The number of anilines is 2. The van der Waals surface area contributed by atoms with Crippen LogP contribution in [0.15, 0.2) is 48.7 Å². The van der Waals surface area contributed by atoms with E-state index >= 15 is 0 Å². The van der Waals surface area contributed by atoms with Crippen molar-refractivity contribution in [3.63, 3.8) is 0 Å². The van der Waals surface area contributed by atoms with E-state index in [0.29, 0.717) is 11.3 Å². The molecule has 4 rings (SSSR count). The fourth-order valence-corrected chi connectivity index (χ4v) is 4.43. The molecule has 1 aliphatic rings. The number of amides is 2. The molecule has 7 heteroatoms. The number of carbonyl (C=O) groups is 2. The number of urea groups is 1. The number of hydrogen-bond acceptors (Lipinski definition) is 5. The Bertz CT molecular complexity index is 1180. The van der Waals surface area contributed by atoms with Gasteiger partial charge in [0, 0.05) is 42.3 Å². The van der Waals surface area contributed by atoms with Gasteiger partial charge in [-0.1, -0.05) is 32.0 Å². The molecule has 0 radical (unpaired) electrons. The van der Waals surface area contributed by atoms with Gasteiger partial charge in [-0.2, -0.15) is 0 Å². The van der Waals surface area contributed by atoms with Gasteiger partial charge in [-0.15, -0.1) is 0 Å². The molecule has 7 nitrogen and oxygen atoms in total. The summed E-state index contributed by atoms with van der Waals surface area (Å²) < 4.78 is 0. The third-order valence-corrected chi connectivity index (χ3v) is 6.48. The molecule has 5 N–H and O–H groups in total. The van der Waals surface area contributed by atoms with Crippen LogP contribution in [0.4, 0.5) is 16.2 Å². The Morgan fingerprint density at radius 2 is 1.68 bits per heavy atom. The van der Waals surface area contributed by atoms with Crippen molar-refractivity contribution in [1.29, 1.82) is 0 Å². The summed E-state index contributed by atoms with van der Waals surface area (Å²) in [5.74, 6) is -0.0393. The molecular formula is C27H33N5O2. The van der Waals surface area contributed by atoms with Crippen LogP contribution in [0.5, 0.6) is 0 Å². The zero-order valence-corrected chi connectivity index (χ0v) is 20.0. The van der Waals surface area contributed by atoms with Gasteiger partial charge >= 0.3 is 6.03 Å². The monoisotopic (exact) mass is 459 g/mol. The number of pyridine rings is 1. The van der Waals surface area contributed by atoms with Gasteiger partial charge in [-0.3, -0.25) is 9.78 Å². The van der Waals surface area contributed by atoms with Crippen molar-refractivity contribution < 1.29 is 9.59 Å². The quantitative estimate of drug-likeness (QED) is 0.380. The van der Waals surface area contributed by atoms with E-state index in [0.717, 1.165) is 53.4 Å². The van der Waals surface area contributed by atoms with E-state index in [-0.39, 0.29) is 29.8 Å². The summed E-state index contributed by atoms with van der Waals surface area (Å²) in [6.07, 6.45) is 5.64. The second kappa shape index (κ2) is 10.2. The lowest BCUT2D eigenvalue weighted by Crippen LogP contribution is -2.33. The van der Waals surface area contributed by atoms with Crippen molar-refractivity contribution in [3.05, 3.63) is 54.2 Å². The number of rotatable bonds is 6. The maximum atomic E-state index is 13.1. The minimum Gasteiger partial charge on any atom is -0.381 e. The van der Waals surface area contributed by atoms with Crippen molar-refractivity contribution in [2.24, 2.45) is 11.7 Å². The minimum absolute atomic E-state index is 0.0828. The molecule has 1 heterocycles. The number of ketones is 1. The highest BCUT2D eigenvalue weighted by atomic mass is 16.2. The molecule has 0 bridgehead atoms. The van der Waals surface area contributed by atoms with Crippen molar-refractivity contribution >= 4 is 34.1 Å². The number of nitrogens with one attached hydrogen (secondary N) is 3. The lowest BCUT2D eigenvalue weighted by atomic mass is 9.90. The van der Waals surface area contributed by atoms with Crippen LogP contribution in [-0.4, -0.2) is 35.9 Å². The van der Waals surface area contributed by atoms with E-state index in [2.05, 4.69) is 27.0 Å². The molecule has 34 heavy (non-hydrogen) atoms. The predicted octanol–water partition coefficient (Wildman–Crippen LogP) is 5.17. The molecule has 1 fully saturated rings. The Labute approximate surface area is 200 Å². The predicted molar refractivity (Wildman–Crippen MR) is 138 cm³/mol. The summed E-state index contributed by atoms with van der Waals surface area (Å²) >= 11 is 0.